The van der Waals surface area contributed by atoms with E-state index in [0.29, 0.717) is 42.2 Å². The van der Waals surface area contributed by atoms with Crippen LogP contribution in [0, 0.1) is 11.6 Å². The van der Waals surface area contributed by atoms with Gasteiger partial charge < -0.3 is 24.6 Å². The SMILES string of the molecule is CC(=O)Oc1ccc(NC(=O)c2ccc(C3(S[C@@H](C)C(O)(Cn4cncn4)c4ccc(F)cc4F)OCCCO3)cc2)cc1. The molecule has 10 nitrogen and oxygen atoms in total. The summed E-state index contributed by atoms with van der Waals surface area (Å²) in [6, 6.07) is 16.0. The molecule has 2 atom stereocenters. The zero-order chi connectivity index (χ0) is 31.3. The number of esters is 1. The van der Waals surface area contributed by atoms with Gasteiger partial charge in [-0.1, -0.05) is 30.0 Å². The molecule has 5 rings (SSSR count). The second-order valence-corrected chi connectivity index (χ2v) is 11.6. The van der Waals surface area contributed by atoms with Crippen molar-refractivity contribution in [1.82, 2.24) is 14.8 Å². The number of ether oxygens (including phenoxy) is 3. The smallest absolute Gasteiger partial charge is 0.308 e. The summed E-state index contributed by atoms with van der Waals surface area (Å²) in [7, 11) is 0. The number of carbonyl (C=O) groups excluding carboxylic acids is 2. The van der Waals surface area contributed by atoms with E-state index in [1.807, 2.05) is 0 Å². The van der Waals surface area contributed by atoms with Gasteiger partial charge in [0.25, 0.3) is 5.91 Å². The fraction of sp³-hybridized carbons (Fsp3) is 0.290. The number of thioether (sulfide) groups is 1. The lowest BCUT2D eigenvalue weighted by molar-refractivity contribution is -0.213. The monoisotopic (exact) mass is 624 g/mol. The zero-order valence-corrected chi connectivity index (χ0v) is 24.7. The summed E-state index contributed by atoms with van der Waals surface area (Å²) in [6.07, 6.45) is 3.33. The number of nitrogens with zero attached hydrogens (tertiary/aromatic N) is 3. The Balaban J connectivity index is 1.39. The van der Waals surface area contributed by atoms with Crippen LogP contribution in [0.4, 0.5) is 14.5 Å². The maximum absolute atomic E-state index is 15.1. The number of anilines is 1. The number of rotatable bonds is 10. The van der Waals surface area contributed by atoms with E-state index in [-0.39, 0.29) is 18.0 Å². The quantitative estimate of drug-likeness (QED) is 0.185. The van der Waals surface area contributed by atoms with Crippen molar-refractivity contribution in [2.24, 2.45) is 0 Å². The molecule has 1 aliphatic rings. The Hall–Kier alpha value is -4.17. The minimum absolute atomic E-state index is 0.117. The van der Waals surface area contributed by atoms with E-state index in [1.165, 1.54) is 30.3 Å². The van der Waals surface area contributed by atoms with Crippen molar-refractivity contribution in [3.63, 3.8) is 0 Å². The summed E-state index contributed by atoms with van der Waals surface area (Å²) in [4.78, 5) is 28.0. The van der Waals surface area contributed by atoms with Gasteiger partial charge in [0.15, 0.2) is 0 Å². The molecule has 1 amide bonds. The van der Waals surface area contributed by atoms with Crippen molar-refractivity contribution in [2.45, 2.75) is 42.8 Å². The molecule has 1 aromatic heterocycles. The van der Waals surface area contributed by atoms with Gasteiger partial charge in [0.2, 0.25) is 5.12 Å². The van der Waals surface area contributed by atoms with E-state index in [0.717, 1.165) is 23.9 Å². The average molecular weight is 625 g/mol. The number of halogens is 2. The topological polar surface area (TPSA) is 125 Å². The summed E-state index contributed by atoms with van der Waals surface area (Å²) in [5, 5.41) is 16.7. The molecule has 0 aliphatic carbocycles. The number of amides is 1. The summed E-state index contributed by atoms with van der Waals surface area (Å²) < 4.78 is 47.6. The van der Waals surface area contributed by atoms with Crippen LogP contribution in [0.2, 0.25) is 0 Å². The Morgan fingerprint density at radius 2 is 1.82 bits per heavy atom. The number of aromatic nitrogens is 3. The minimum Gasteiger partial charge on any atom is -0.427 e. The lowest BCUT2D eigenvalue weighted by Crippen LogP contribution is -2.45. The Bertz CT molecular complexity index is 1600. The van der Waals surface area contributed by atoms with E-state index in [9.17, 15) is 19.1 Å². The standard InChI is InChI=1S/C31H30F2N4O6S/c1-20(30(40,17-37-19-34-18-35-37)27-13-8-24(32)16-28(27)33)44-31(41-14-3-15-42-31)23-6-4-22(5-7-23)29(39)36-25-9-11-26(12-10-25)43-21(2)38/h4-13,16,18-20,40H,3,14-15,17H2,1-2H3,(H,36,39)/t20-,30?/m0/s1. The average Bonchev–Trinajstić information content (AvgIpc) is 3.51. The lowest BCUT2D eigenvalue weighted by Gasteiger charge is -2.42. The van der Waals surface area contributed by atoms with Crippen LogP contribution in [0.1, 0.15) is 41.8 Å². The third-order valence-electron chi connectivity index (χ3n) is 7.02. The van der Waals surface area contributed by atoms with Crippen molar-refractivity contribution in [1.29, 1.82) is 0 Å². The van der Waals surface area contributed by atoms with Crippen LogP contribution >= 0.6 is 11.8 Å². The van der Waals surface area contributed by atoms with Gasteiger partial charge in [0.05, 0.1) is 19.8 Å². The molecule has 1 fully saturated rings. The van der Waals surface area contributed by atoms with Gasteiger partial charge in [-0.3, -0.25) is 9.59 Å². The van der Waals surface area contributed by atoms with Crippen LogP contribution in [0.3, 0.4) is 0 Å². The minimum atomic E-state index is -1.89. The van der Waals surface area contributed by atoms with Crippen LogP contribution in [0.5, 0.6) is 5.75 Å². The molecule has 1 aliphatic heterocycles. The largest absolute Gasteiger partial charge is 0.427 e. The Kier molecular flexibility index (Phi) is 9.39. The molecule has 2 N–H and O–H groups in total. The molecular weight excluding hydrogens is 594 g/mol. The van der Waals surface area contributed by atoms with Crippen LogP contribution in [0.25, 0.3) is 0 Å². The van der Waals surface area contributed by atoms with Gasteiger partial charge in [-0.2, -0.15) is 5.10 Å². The van der Waals surface area contributed by atoms with Gasteiger partial charge >= 0.3 is 5.97 Å². The van der Waals surface area contributed by atoms with E-state index in [1.54, 1.807) is 55.5 Å². The van der Waals surface area contributed by atoms with Crippen molar-refractivity contribution in [3.05, 3.63) is 108 Å². The van der Waals surface area contributed by atoms with Crippen molar-refractivity contribution in [2.75, 3.05) is 18.5 Å². The van der Waals surface area contributed by atoms with Crippen LogP contribution < -0.4 is 10.1 Å². The highest BCUT2D eigenvalue weighted by atomic mass is 32.2. The fourth-order valence-electron chi connectivity index (χ4n) is 4.78. The molecule has 4 aromatic rings. The van der Waals surface area contributed by atoms with Crippen LogP contribution in [-0.2, 0) is 31.5 Å². The normalized spacial score (nSPS) is 16.5. The number of hydrogen-bond donors (Lipinski definition) is 2. The Morgan fingerprint density at radius 1 is 1.11 bits per heavy atom. The lowest BCUT2D eigenvalue weighted by atomic mass is 9.90. The molecule has 0 bridgehead atoms. The van der Waals surface area contributed by atoms with Crippen molar-refractivity contribution in [3.8, 4) is 5.75 Å². The third kappa shape index (κ3) is 6.97. The highest BCUT2D eigenvalue weighted by Gasteiger charge is 2.47. The first kappa shape index (κ1) is 31.3. The molecule has 2 heterocycles. The maximum Gasteiger partial charge on any atom is 0.308 e. The Labute approximate surface area is 256 Å². The second-order valence-electron chi connectivity index (χ2n) is 10.2. The number of nitrogens with one attached hydrogen (secondary N) is 1. The molecule has 3 aromatic carbocycles. The predicted octanol–water partition coefficient (Wildman–Crippen LogP) is 4.99. The van der Waals surface area contributed by atoms with Gasteiger partial charge in [0, 0.05) is 40.6 Å². The molecule has 0 radical (unpaired) electrons. The molecular formula is C31H30F2N4O6S. The summed E-state index contributed by atoms with van der Waals surface area (Å²) in [5.41, 5.74) is -0.572. The van der Waals surface area contributed by atoms with Crippen LogP contribution in [0.15, 0.2) is 79.4 Å². The summed E-state index contributed by atoms with van der Waals surface area (Å²) in [6.45, 7) is 3.54. The van der Waals surface area contributed by atoms with Gasteiger partial charge in [-0.05, 0) is 55.8 Å². The number of aliphatic hydroxyl groups is 1. The predicted molar refractivity (Wildman–Crippen MR) is 158 cm³/mol. The van der Waals surface area contributed by atoms with Gasteiger partial charge in [-0.25, -0.2) is 18.4 Å². The van der Waals surface area contributed by atoms with Gasteiger partial charge in [-0.15, -0.1) is 0 Å². The van der Waals surface area contributed by atoms with Crippen molar-refractivity contribution >= 4 is 29.3 Å². The fourth-order valence-corrected chi connectivity index (χ4v) is 6.22. The first-order chi connectivity index (χ1) is 21.1. The third-order valence-corrected chi connectivity index (χ3v) is 8.54. The van der Waals surface area contributed by atoms with Gasteiger partial charge in [0.1, 0.15) is 35.6 Å². The highest BCUT2D eigenvalue weighted by molar-refractivity contribution is 8.00. The summed E-state index contributed by atoms with van der Waals surface area (Å²) in [5.74, 6) is -2.13. The van der Waals surface area contributed by atoms with Crippen molar-refractivity contribution < 1.29 is 37.7 Å². The summed E-state index contributed by atoms with van der Waals surface area (Å²) >= 11 is 1.13. The van der Waals surface area contributed by atoms with Crippen LogP contribution in [-0.4, -0.2) is 50.2 Å². The number of benzene rings is 3. The second kappa shape index (κ2) is 13.2. The van der Waals surface area contributed by atoms with E-state index >= 15 is 4.39 Å². The van der Waals surface area contributed by atoms with E-state index in [4.69, 9.17) is 14.2 Å². The first-order valence-electron chi connectivity index (χ1n) is 13.7. The highest BCUT2D eigenvalue weighted by Crippen LogP contribution is 2.48. The molecule has 13 heteroatoms. The Morgan fingerprint density at radius 3 is 2.43 bits per heavy atom. The first-order valence-corrected chi connectivity index (χ1v) is 14.6. The molecule has 230 valence electrons. The molecule has 44 heavy (non-hydrogen) atoms. The zero-order valence-electron chi connectivity index (χ0n) is 23.9. The molecule has 1 saturated heterocycles. The maximum atomic E-state index is 15.1. The van der Waals surface area contributed by atoms with E-state index < -0.39 is 33.6 Å². The van der Waals surface area contributed by atoms with E-state index in [2.05, 4.69) is 15.4 Å². The number of carbonyl (C=O) groups is 2. The molecule has 0 spiro atoms. The molecule has 1 unspecified atom stereocenters. The molecule has 0 saturated carbocycles. The number of hydrogen-bond acceptors (Lipinski definition) is 9.